The highest BCUT2D eigenvalue weighted by Crippen LogP contribution is 2.68. The Morgan fingerprint density at radius 2 is 2.00 bits per heavy atom. The Labute approximate surface area is 105 Å². The minimum absolute atomic E-state index is 0.0163. The number of esters is 1. The maximum atomic E-state index is 12.1. The van der Waals surface area contributed by atoms with Crippen LogP contribution in [0.25, 0.3) is 0 Å². The molecule has 0 spiro atoms. The monoisotopic (exact) mass is 290 g/mol. The van der Waals surface area contributed by atoms with E-state index < -0.39 is 15.3 Å². The Bertz CT molecular complexity index is 321. The van der Waals surface area contributed by atoms with E-state index in [2.05, 4.69) is 15.9 Å². The second-order valence-corrected chi connectivity index (χ2v) is 6.75. The lowest BCUT2D eigenvalue weighted by atomic mass is 9.98. The lowest BCUT2D eigenvalue weighted by Crippen LogP contribution is -2.33. The zero-order valence-electron chi connectivity index (χ0n) is 10.5. The van der Waals surface area contributed by atoms with Crippen molar-refractivity contribution in [3.05, 3.63) is 0 Å². The lowest BCUT2D eigenvalue weighted by molar-refractivity contribution is -0.163. The molecular weight excluding hydrogens is 272 g/mol. The number of aldehydes is 1. The molecule has 1 fully saturated rings. The summed E-state index contributed by atoms with van der Waals surface area (Å²) >= 11 is 3.38. The van der Waals surface area contributed by atoms with Gasteiger partial charge in [0.05, 0.1) is 5.41 Å². The summed E-state index contributed by atoms with van der Waals surface area (Å²) in [6.07, 6.45) is 1.43. The molecule has 3 nitrogen and oxygen atoms in total. The number of rotatable bonds is 3. The first kappa shape index (κ1) is 13.7. The summed E-state index contributed by atoms with van der Waals surface area (Å²) in [7, 11) is 0. The third-order valence-corrected chi connectivity index (χ3v) is 5.04. The average molecular weight is 291 g/mol. The van der Waals surface area contributed by atoms with E-state index in [0.717, 1.165) is 6.29 Å². The second kappa shape index (κ2) is 3.83. The molecule has 0 aromatic heterocycles. The Morgan fingerprint density at radius 3 is 2.25 bits per heavy atom. The first-order valence-corrected chi connectivity index (χ1v) is 6.33. The molecule has 1 aliphatic carbocycles. The van der Waals surface area contributed by atoms with E-state index in [1.165, 1.54) is 0 Å². The highest BCUT2D eigenvalue weighted by atomic mass is 79.9. The van der Waals surface area contributed by atoms with Gasteiger partial charge in [-0.2, -0.15) is 0 Å². The van der Waals surface area contributed by atoms with Crippen LogP contribution >= 0.6 is 15.9 Å². The van der Waals surface area contributed by atoms with E-state index in [4.69, 9.17) is 4.74 Å². The minimum Gasteiger partial charge on any atom is -0.459 e. The summed E-state index contributed by atoms with van der Waals surface area (Å²) in [5, 5.41) is 0. The van der Waals surface area contributed by atoms with Crippen LogP contribution in [0, 0.1) is 11.3 Å². The van der Waals surface area contributed by atoms with Gasteiger partial charge in [0.15, 0.2) is 0 Å². The molecule has 0 bridgehead atoms. The molecule has 0 heterocycles. The normalized spacial score (nSPS) is 38.0. The van der Waals surface area contributed by atoms with Crippen molar-refractivity contribution in [3.8, 4) is 0 Å². The van der Waals surface area contributed by atoms with Gasteiger partial charge in [0.2, 0.25) is 0 Å². The summed E-state index contributed by atoms with van der Waals surface area (Å²) in [6, 6.07) is 0. The van der Waals surface area contributed by atoms with Crippen molar-refractivity contribution in [2.75, 3.05) is 0 Å². The standard InChI is InChI=1S/C12H19BrO3/c1-6-11(8(2)12(11,13)7-14)9(15)16-10(3,4)5/h7-8H,6H2,1-5H3/t8-,11-,12-/m1/s1. The van der Waals surface area contributed by atoms with Crippen LogP contribution in [0.4, 0.5) is 0 Å². The Kier molecular flexibility index (Phi) is 3.27. The fourth-order valence-corrected chi connectivity index (χ4v) is 3.41. The van der Waals surface area contributed by atoms with Crippen molar-refractivity contribution in [1.29, 1.82) is 0 Å². The summed E-state index contributed by atoms with van der Waals surface area (Å²) in [6.45, 7) is 9.30. The van der Waals surface area contributed by atoms with Crippen molar-refractivity contribution in [1.82, 2.24) is 0 Å². The van der Waals surface area contributed by atoms with Crippen LogP contribution in [0.3, 0.4) is 0 Å². The molecule has 0 radical (unpaired) electrons. The Morgan fingerprint density at radius 1 is 1.50 bits per heavy atom. The maximum Gasteiger partial charge on any atom is 0.314 e. The second-order valence-electron chi connectivity index (χ2n) is 5.43. The zero-order valence-corrected chi connectivity index (χ0v) is 12.1. The van der Waals surface area contributed by atoms with Gasteiger partial charge in [0.1, 0.15) is 16.2 Å². The Balaban J connectivity index is 2.94. The van der Waals surface area contributed by atoms with Gasteiger partial charge in [-0.15, -0.1) is 0 Å². The van der Waals surface area contributed by atoms with Crippen LogP contribution in [0.2, 0.25) is 0 Å². The predicted molar refractivity (Wildman–Crippen MR) is 65.5 cm³/mol. The maximum absolute atomic E-state index is 12.1. The summed E-state index contributed by atoms with van der Waals surface area (Å²) in [5.41, 5.74) is -1.21. The van der Waals surface area contributed by atoms with Crippen molar-refractivity contribution in [2.24, 2.45) is 11.3 Å². The molecule has 0 aromatic carbocycles. The number of hydrogen-bond donors (Lipinski definition) is 0. The molecular formula is C12H19BrO3. The van der Waals surface area contributed by atoms with E-state index in [0.29, 0.717) is 6.42 Å². The molecule has 1 aliphatic rings. The molecule has 4 heteroatoms. The van der Waals surface area contributed by atoms with Crippen LogP contribution in [0.1, 0.15) is 41.0 Å². The largest absolute Gasteiger partial charge is 0.459 e. The van der Waals surface area contributed by atoms with E-state index >= 15 is 0 Å². The number of alkyl halides is 1. The predicted octanol–water partition coefficient (Wildman–Crippen LogP) is 2.71. The minimum atomic E-state index is -0.739. The third-order valence-electron chi connectivity index (χ3n) is 3.46. The molecule has 0 N–H and O–H groups in total. The fourth-order valence-electron chi connectivity index (χ4n) is 2.35. The van der Waals surface area contributed by atoms with Crippen molar-refractivity contribution in [3.63, 3.8) is 0 Å². The van der Waals surface area contributed by atoms with Crippen molar-refractivity contribution in [2.45, 2.75) is 51.0 Å². The topological polar surface area (TPSA) is 43.4 Å². The number of carbonyl (C=O) groups excluding carboxylic acids is 2. The number of ether oxygens (including phenoxy) is 1. The smallest absolute Gasteiger partial charge is 0.314 e. The van der Waals surface area contributed by atoms with E-state index in [-0.39, 0.29) is 11.9 Å². The molecule has 92 valence electrons. The van der Waals surface area contributed by atoms with Gasteiger partial charge in [-0.1, -0.05) is 29.8 Å². The molecule has 16 heavy (non-hydrogen) atoms. The van der Waals surface area contributed by atoms with Crippen LogP contribution in [-0.4, -0.2) is 22.2 Å². The van der Waals surface area contributed by atoms with E-state index in [1.807, 2.05) is 34.6 Å². The molecule has 0 saturated heterocycles. The summed E-state index contributed by atoms with van der Waals surface area (Å²) in [4.78, 5) is 23.2. The van der Waals surface area contributed by atoms with Crippen LogP contribution < -0.4 is 0 Å². The first-order chi connectivity index (χ1) is 7.15. The molecule has 0 aromatic rings. The summed E-state index contributed by atoms with van der Waals surface area (Å²) < 4.78 is 4.66. The van der Waals surface area contributed by atoms with Crippen LogP contribution in [-0.2, 0) is 14.3 Å². The number of carbonyl (C=O) groups is 2. The first-order valence-electron chi connectivity index (χ1n) is 5.54. The zero-order chi connectivity index (χ0) is 12.8. The molecule has 1 rings (SSSR count). The van der Waals surface area contributed by atoms with E-state index in [9.17, 15) is 9.59 Å². The van der Waals surface area contributed by atoms with Gasteiger partial charge < -0.3 is 9.53 Å². The summed E-state index contributed by atoms with van der Waals surface area (Å²) in [5.74, 6) is -0.295. The highest BCUT2D eigenvalue weighted by molar-refractivity contribution is 9.10. The SMILES string of the molecule is CC[C@]1(C(=O)OC(C)(C)C)[C@@H](C)[C@]1(Br)C=O. The van der Waals surface area contributed by atoms with Gasteiger partial charge in [0.25, 0.3) is 0 Å². The quantitative estimate of drug-likeness (QED) is 0.456. The van der Waals surface area contributed by atoms with Gasteiger partial charge >= 0.3 is 5.97 Å². The van der Waals surface area contributed by atoms with Gasteiger partial charge in [-0.25, -0.2) is 0 Å². The highest BCUT2D eigenvalue weighted by Gasteiger charge is 2.78. The molecule has 1 saturated carbocycles. The molecule has 3 atom stereocenters. The van der Waals surface area contributed by atoms with Crippen LogP contribution in [0.15, 0.2) is 0 Å². The molecule has 0 unspecified atom stereocenters. The van der Waals surface area contributed by atoms with Crippen molar-refractivity contribution < 1.29 is 14.3 Å². The fraction of sp³-hybridized carbons (Fsp3) is 0.833. The van der Waals surface area contributed by atoms with Gasteiger partial charge in [-0.3, -0.25) is 4.79 Å². The van der Waals surface area contributed by atoms with Gasteiger partial charge in [-0.05, 0) is 33.1 Å². The number of hydrogen-bond acceptors (Lipinski definition) is 3. The van der Waals surface area contributed by atoms with E-state index in [1.54, 1.807) is 0 Å². The number of halogens is 1. The van der Waals surface area contributed by atoms with Gasteiger partial charge in [0, 0.05) is 0 Å². The lowest BCUT2D eigenvalue weighted by Gasteiger charge is -2.24. The molecule has 0 amide bonds. The van der Waals surface area contributed by atoms with Crippen molar-refractivity contribution >= 4 is 28.2 Å². The van der Waals surface area contributed by atoms with Crippen LogP contribution in [0.5, 0.6) is 0 Å². The third kappa shape index (κ3) is 1.71. The molecule has 0 aliphatic heterocycles. The Hall–Kier alpha value is -0.380. The average Bonchev–Trinajstić information content (AvgIpc) is 2.63.